The van der Waals surface area contributed by atoms with E-state index < -0.39 is 20.2 Å². The van der Waals surface area contributed by atoms with Crippen molar-refractivity contribution in [3.8, 4) is 11.1 Å². The molecule has 7 nitrogen and oxygen atoms in total. The van der Waals surface area contributed by atoms with Crippen molar-refractivity contribution in [2.24, 2.45) is 0 Å². The topological polar surface area (TPSA) is 95.6 Å². The van der Waals surface area contributed by atoms with Crippen LogP contribution >= 0.6 is 0 Å². The molecular formula is C24H29N3O4S2. The third kappa shape index (κ3) is 7.21. The number of nitrogens with one attached hydrogen (secondary N) is 2. The highest BCUT2D eigenvalue weighted by Crippen LogP contribution is 2.21. The third-order valence-electron chi connectivity index (χ3n) is 5.15. The second kappa shape index (κ2) is 11.0. The normalized spacial score (nSPS) is 12.2. The van der Waals surface area contributed by atoms with E-state index in [1.54, 1.807) is 30.3 Å². The molecule has 0 aliphatic rings. The Morgan fingerprint density at radius 3 is 1.97 bits per heavy atom. The van der Waals surface area contributed by atoms with Crippen LogP contribution in [0.2, 0.25) is 0 Å². The standard InChI is InChI=1S/C24H29N3O4S2/c1-27(2)33(30,31)26-18-15-20-11-13-22(14-12-20)23-8-6-7-21(19-23)16-17-25-32(28,29)24-9-4-3-5-10-24/h3-14,19,25-26H,15-18H2,1-2H3. The first kappa shape index (κ1) is 25.1. The predicted molar refractivity (Wildman–Crippen MR) is 132 cm³/mol. The van der Waals surface area contributed by atoms with Crippen molar-refractivity contribution in [2.45, 2.75) is 17.7 Å². The van der Waals surface area contributed by atoms with E-state index >= 15 is 0 Å². The average molecular weight is 488 g/mol. The maximum Gasteiger partial charge on any atom is 0.278 e. The molecule has 0 aromatic heterocycles. The Bertz CT molecular complexity index is 1260. The summed E-state index contributed by atoms with van der Waals surface area (Å²) in [5, 5.41) is 0. The number of rotatable bonds is 11. The largest absolute Gasteiger partial charge is 0.278 e. The fourth-order valence-corrected chi connectivity index (χ4v) is 4.91. The van der Waals surface area contributed by atoms with Gasteiger partial charge in [-0.25, -0.2) is 17.9 Å². The summed E-state index contributed by atoms with van der Waals surface area (Å²) in [6.07, 6.45) is 1.17. The van der Waals surface area contributed by atoms with Gasteiger partial charge in [-0.3, -0.25) is 0 Å². The monoisotopic (exact) mass is 487 g/mol. The van der Waals surface area contributed by atoms with E-state index in [9.17, 15) is 16.8 Å². The van der Waals surface area contributed by atoms with Crippen molar-refractivity contribution < 1.29 is 16.8 Å². The van der Waals surface area contributed by atoms with Gasteiger partial charge in [0.1, 0.15) is 0 Å². The van der Waals surface area contributed by atoms with E-state index in [4.69, 9.17) is 0 Å². The zero-order valence-electron chi connectivity index (χ0n) is 18.7. The lowest BCUT2D eigenvalue weighted by Crippen LogP contribution is -2.36. The second-order valence-electron chi connectivity index (χ2n) is 7.79. The first-order valence-electron chi connectivity index (χ1n) is 10.6. The molecule has 0 aliphatic carbocycles. The van der Waals surface area contributed by atoms with Gasteiger partial charge in [0.25, 0.3) is 10.2 Å². The molecule has 0 saturated carbocycles. The molecule has 3 rings (SSSR count). The van der Waals surface area contributed by atoms with Gasteiger partial charge in [-0.2, -0.15) is 12.7 Å². The molecule has 9 heteroatoms. The second-order valence-corrected chi connectivity index (χ2v) is 11.5. The fourth-order valence-electron chi connectivity index (χ4n) is 3.24. The van der Waals surface area contributed by atoms with Crippen molar-refractivity contribution in [3.63, 3.8) is 0 Å². The van der Waals surface area contributed by atoms with E-state index in [0.717, 1.165) is 26.6 Å². The molecule has 0 unspecified atom stereocenters. The van der Waals surface area contributed by atoms with Gasteiger partial charge in [0.15, 0.2) is 0 Å². The van der Waals surface area contributed by atoms with Crippen molar-refractivity contribution in [2.75, 3.05) is 27.2 Å². The van der Waals surface area contributed by atoms with Gasteiger partial charge in [-0.1, -0.05) is 66.7 Å². The van der Waals surface area contributed by atoms with Crippen LogP contribution < -0.4 is 9.44 Å². The molecule has 0 radical (unpaired) electrons. The molecule has 3 aromatic carbocycles. The van der Waals surface area contributed by atoms with Crippen LogP contribution in [-0.4, -0.2) is 48.3 Å². The fraction of sp³-hybridized carbons (Fsp3) is 0.250. The minimum atomic E-state index is -3.51. The number of hydrogen-bond acceptors (Lipinski definition) is 4. The summed E-state index contributed by atoms with van der Waals surface area (Å²) in [5.74, 6) is 0. The molecule has 0 heterocycles. The molecule has 2 N–H and O–H groups in total. The maximum atomic E-state index is 12.4. The lowest BCUT2D eigenvalue weighted by Gasteiger charge is -2.12. The van der Waals surface area contributed by atoms with Crippen LogP contribution in [0.5, 0.6) is 0 Å². The van der Waals surface area contributed by atoms with Gasteiger partial charge in [-0.05, 0) is 47.2 Å². The predicted octanol–water partition coefficient (Wildman–Crippen LogP) is 2.81. The van der Waals surface area contributed by atoms with E-state index in [2.05, 4.69) is 15.5 Å². The minimum Gasteiger partial charge on any atom is -0.211 e. The van der Waals surface area contributed by atoms with Crippen LogP contribution in [0.3, 0.4) is 0 Å². The lowest BCUT2D eigenvalue weighted by molar-refractivity contribution is 0.506. The van der Waals surface area contributed by atoms with Crippen molar-refractivity contribution in [1.82, 2.24) is 13.7 Å². The Morgan fingerprint density at radius 1 is 0.667 bits per heavy atom. The molecule has 0 spiro atoms. The van der Waals surface area contributed by atoms with Crippen LogP contribution in [0.4, 0.5) is 0 Å². The molecular weight excluding hydrogens is 458 g/mol. The minimum absolute atomic E-state index is 0.258. The first-order valence-corrected chi connectivity index (χ1v) is 13.5. The van der Waals surface area contributed by atoms with Gasteiger partial charge >= 0.3 is 0 Å². The van der Waals surface area contributed by atoms with Crippen molar-refractivity contribution in [1.29, 1.82) is 0 Å². The smallest absolute Gasteiger partial charge is 0.211 e. The highest BCUT2D eigenvalue weighted by molar-refractivity contribution is 7.89. The molecule has 0 bridgehead atoms. The van der Waals surface area contributed by atoms with E-state index in [0.29, 0.717) is 25.9 Å². The number of benzene rings is 3. The molecule has 0 atom stereocenters. The van der Waals surface area contributed by atoms with Crippen LogP contribution in [-0.2, 0) is 33.1 Å². The summed E-state index contributed by atoms with van der Waals surface area (Å²) in [6, 6.07) is 24.3. The average Bonchev–Trinajstić information content (AvgIpc) is 2.80. The Balaban J connectivity index is 1.57. The van der Waals surface area contributed by atoms with Gasteiger partial charge < -0.3 is 0 Å². The zero-order valence-corrected chi connectivity index (χ0v) is 20.4. The Kier molecular flexibility index (Phi) is 8.39. The molecule has 33 heavy (non-hydrogen) atoms. The molecule has 0 aliphatic heterocycles. The Labute approximate surface area is 196 Å². The zero-order chi connectivity index (χ0) is 23.9. The van der Waals surface area contributed by atoms with Gasteiger partial charge in [0, 0.05) is 27.2 Å². The number of nitrogens with zero attached hydrogens (tertiary/aromatic N) is 1. The van der Waals surface area contributed by atoms with Crippen LogP contribution in [0.15, 0.2) is 83.8 Å². The summed E-state index contributed by atoms with van der Waals surface area (Å²) in [6.45, 7) is 0.636. The van der Waals surface area contributed by atoms with Gasteiger partial charge in [0.2, 0.25) is 10.0 Å². The summed E-state index contributed by atoms with van der Waals surface area (Å²) in [5.41, 5.74) is 4.15. The molecule has 0 saturated heterocycles. The van der Waals surface area contributed by atoms with Crippen molar-refractivity contribution in [3.05, 3.63) is 90.0 Å². The van der Waals surface area contributed by atoms with Crippen LogP contribution in [0.25, 0.3) is 11.1 Å². The quantitative estimate of drug-likeness (QED) is 0.435. The highest BCUT2D eigenvalue weighted by Gasteiger charge is 2.13. The molecule has 3 aromatic rings. The summed E-state index contributed by atoms with van der Waals surface area (Å²) in [4.78, 5) is 0.258. The SMILES string of the molecule is CN(C)S(=O)(=O)NCCc1ccc(-c2cccc(CCNS(=O)(=O)c3ccccc3)c2)cc1. The number of hydrogen-bond donors (Lipinski definition) is 2. The summed E-state index contributed by atoms with van der Waals surface area (Å²) >= 11 is 0. The van der Waals surface area contributed by atoms with E-state index in [1.165, 1.54) is 14.1 Å². The summed E-state index contributed by atoms with van der Waals surface area (Å²) in [7, 11) is -3.95. The summed E-state index contributed by atoms with van der Waals surface area (Å²) < 4.78 is 54.6. The molecule has 176 valence electrons. The van der Waals surface area contributed by atoms with E-state index in [-0.39, 0.29) is 4.90 Å². The molecule has 0 amide bonds. The third-order valence-corrected chi connectivity index (χ3v) is 8.16. The van der Waals surface area contributed by atoms with Gasteiger partial charge in [-0.15, -0.1) is 0 Å². The van der Waals surface area contributed by atoms with Crippen LogP contribution in [0, 0.1) is 0 Å². The Hall–Kier alpha value is -2.56. The maximum absolute atomic E-state index is 12.4. The molecule has 0 fully saturated rings. The Morgan fingerprint density at radius 2 is 1.30 bits per heavy atom. The lowest BCUT2D eigenvalue weighted by atomic mass is 10.00. The van der Waals surface area contributed by atoms with E-state index in [1.807, 2.05) is 42.5 Å². The highest BCUT2D eigenvalue weighted by atomic mass is 32.2. The first-order chi connectivity index (χ1) is 15.7. The van der Waals surface area contributed by atoms with Gasteiger partial charge in [0.05, 0.1) is 4.90 Å². The van der Waals surface area contributed by atoms with Crippen molar-refractivity contribution >= 4 is 20.2 Å². The number of sulfonamides is 1. The van der Waals surface area contributed by atoms with Crippen LogP contribution in [0.1, 0.15) is 11.1 Å².